The Morgan fingerprint density at radius 2 is 2.00 bits per heavy atom. The topological polar surface area (TPSA) is 0 Å². The Labute approximate surface area is 75.2 Å². The Hall–Kier alpha value is -0.0600. The van der Waals surface area contributed by atoms with Crippen molar-refractivity contribution in [3.8, 4) is 0 Å². The second-order valence-corrected chi connectivity index (χ2v) is 4.01. The minimum absolute atomic E-state index is 0.503. The van der Waals surface area contributed by atoms with E-state index in [4.69, 9.17) is 11.6 Å². The van der Waals surface area contributed by atoms with Crippen LogP contribution in [0.15, 0.2) is 18.2 Å². The highest BCUT2D eigenvalue weighted by Crippen LogP contribution is 2.22. The van der Waals surface area contributed by atoms with E-state index in [1.165, 1.54) is 10.9 Å². The zero-order chi connectivity index (χ0) is 8.43. The maximum Gasteiger partial charge on any atom is 0.0441 e. The fourth-order valence-corrected chi connectivity index (χ4v) is 1.62. The normalized spacial score (nSPS) is 10.6. The van der Waals surface area contributed by atoms with Crippen LogP contribution in [-0.4, -0.2) is 0 Å². The highest BCUT2D eigenvalue weighted by atomic mass is 35.5. The summed E-state index contributed by atoms with van der Waals surface area (Å²) in [5.41, 5.74) is 1.22. The first-order valence-electron chi connectivity index (χ1n) is 3.66. The quantitative estimate of drug-likeness (QED) is 0.592. The van der Waals surface area contributed by atoms with Gasteiger partial charge in [0.25, 0.3) is 0 Å². The SMILES string of the molecule is CC(C)c1cc(P)ccc1Cl. The van der Waals surface area contributed by atoms with Gasteiger partial charge in [-0.1, -0.05) is 37.6 Å². The summed E-state index contributed by atoms with van der Waals surface area (Å²) in [5, 5.41) is 2.06. The molecule has 0 aliphatic rings. The first-order chi connectivity index (χ1) is 5.11. The van der Waals surface area contributed by atoms with Gasteiger partial charge in [0.05, 0.1) is 0 Å². The Bertz CT molecular complexity index is 256. The van der Waals surface area contributed by atoms with Crippen LogP contribution >= 0.6 is 20.8 Å². The maximum atomic E-state index is 5.98. The lowest BCUT2D eigenvalue weighted by atomic mass is 10.0. The van der Waals surface area contributed by atoms with Gasteiger partial charge in [-0.05, 0) is 22.9 Å². The molecule has 0 bridgehead atoms. The third-order valence-electron chi connectivity index (χ3n) is 1.64. The molecule has 0 fully saturated rings. The summed E-state index contributed by atoms with van der Waals surface area (Å²) in [7, 11) is 2.67. The van der Waals surface area contributed by atoms with Crippen LogP contribution < -0.4 is 5.30 Å². The summed E-state index contributed by atoms with van der Waals surface area (Å²) in [6.45, 7) is 4.29. The first kappa shape index (κ1) is 9.03. The smallest absolute Gasteiger partial charge is 0.0441 e. The molecule has 1 aromatic rings. The monoisotopic (exact) mass is 186 g/mol. The molecule has 0 saturated carbocycles. The molecular weight excluding hydrogens is 175 g/mol. The number of benzene rings is 1. The van der Waals surface area contributed by atoms with E-state index in [-0.39, 0.29) is 0 Å². The Morgan fingerprint density at radius 3 is 2.45 bits per heavy atom. The molecule has 1 unspecified atom stereocenters. The third kappa shape index (κ3) is 2.18. The second kappa shape index (κ2) is 3.56. The van der Waals surface area contributed by atoms with Gasteiger partial charge in [-0.2, -0.15) is 0 Å². The predicted molar refractivity (Wildman–Crippen MR) is 54.9 cm³/mol. The summed E-state index contributed by atoms with van der Waals surface area (Å²) >= 11 is 5.98. The number of hydrogen-bond donors (Lipinski definition) is 0. The van der Waals surface area contributed by atoms with Gasteiger partial charge in [-0.15, -0.1) is 9.24 Å². The van der Waals surface area contributed by atoms with Gasteiger partial charge >= 0.3 is 0 Å². The van der Waals surface area contributed by atoms with Gasteiger partial charge in [-0.25, -0.2) is 0 Å². The minimum Gasteiger partial charge on any atom is -0.106 e. The van der Waals surface area contributed by atoms with E-state index in [0.29, 0.717) is 5.92 Å². The van der Waals surface area contributed by atoms with Crippen molar-refractivity contribution >= 4 is 26.1 Å². The van der Waals surface area contributed by atoms with Crippen molar-refractivity contribution in [3.05, 3.63) is 28.8 Å². The van der Waals surface area contributed by atoms with Crippen molar-refractivity contribution in [3.63, 3.8) is 0 Å². The molecule has 1 aromatic carbocycles. The average molecular weight is 187 g/mol. The zero-order valence-electron chi connectivity index (χ0n) is 6.76. The van der Waals surface area contributed by atoms with Gasteiger partial charge in [0.2, 0.25) is 0 Å². The molecule has 1 atom stereocenters. The summed E-state index contributed by atoms with van der Waals surface area (Å²) in [6.07, 6.45) is 0. The van der Waals surface area contributed by atoms with E-state index in [9.17, 15) is 0 Å². The lowest BCUT2D eigenvalue weighted by Crippen LogP contribution is -1.96. The summed E-state index contributed by atoms with van der Waals surface area (Å²) < 4.78 is 0. The molecule has 2 heteroatoms. The fourth-order valence-electron chi connectivity index (χ4n) is 1.00. The molecule has 0 N–H and O–H groups in total. The van der Waals surface area contributed by atoms with Gasteiger partial charge < -0.3 is 0 Å². The van der Waals surface area contributed by atoms with Crippen molar-refractivity contribution in [2.75, 3.05) is 0 Å². The summed E-state index contributed by atoms with van der Waals surface area (Å²) in [5.74, 6) is 0.503. The van der Waals surface area contributed by atoms with E-state index in [1.54, 1.807) is 0 Å². The highest BCUT2D eigenvalue weighted by Gasteiger charge is 2.03. The molecule has 0 aliphatic heterocycles. The molecule has 11 heavy (non-hydrogen) atoms. The van der Waals surface area contributed by atoms with Gasteiger partial charge in [0, 0.05) is 5.02 Å². The molecule has 0 aliphatic carbocycles. The maximum absolute atomic E-state index is 5.98. The average Bonchev–Trinajstić information content (AvgIpc) is 1.94. The molecule has 1 rings (SSSR count). The fraction of sp³-hybridized carbons (Fsp3) is 0.333. The van der Waals surface area contributed by atoms with Crippen LogP contribution in [0.5, 0.6) is 0 Å². The number of hydrogen-bond acceptors (Lipinski definition) is 0. The van der Waals surface area contributed by atoms with Gasteiger partial charge in [0.15, 0.2) is 0 Å². The van der Waals surface area contributed by atoms with Crippen LogP contribution in [0.2, 0.25) is 5.02 Å². The molecule has 0 amide bonds. The molecule has 0 saturated heterocycles. The van der Waals surface area contributed by atoms with E-state index >= 15 is 0 Å². The molecule has 0 radical (unpaired) electrons. The summed E-state index contributed by atoms with van der Waals surface area (Å²) in [6, 6.07) is 6.05. The lowest BCUT2D eigenvalue weighted by molar-refractivity contribution is 0.868. The molecule has 0 aromatic heterocycles. The molecular formula is C9H12ClP. The Kier molecular flexibility index (Phi) is 2.92. The van der Waals surface area contributed by atoms with Crippen molar-refractivity contribution in [1.82, 2.24) is 0 Å². The molecule has 0 spiro atoms. The standard InChI is InChI=1S/C9H12ClP/c1-6(2)8-5-7(11)3-4-9(8)10/h3-6H,11H2,1-2H3. The van der Waals surface area contributed by atoms with Crippen LogP contribution in [0.3, 0.4) is 0 Å². The van der Waals surface area contributed by atoms with Gasteiger partial charge in [0.1, 0.15) is 0 Å². The van der Waals surface area contributed by atoms with E-state index < -0.39 is 0 Å². The van der Waals surface area contributed by atoms with E-state index in [0.717, 1.165) is 5.02 Å². The van der Waals surface area contributed by atoms with E-state index in [2.05, 4.69) is 29.2 Å². The molecule has 60 valence electrons. The van der Waals surface area contributed by atoms with Crippen LogP contribution in [0.1, 0.15) is 25.3 Å². The molecule has 0 heterocycles. The minimum atomic E-state index is 0.503. The van der Waals surface area contributed by atoms with Crippen LogP contribution in [0.4, 0.5) is 0 Å². The first-order valence-corrected chi connectivity index (χ1v) is 4.61. The summed E-state index contributed by atoms with van der Waals surface area (Å²) in [4.78, 5) is 0. The lowest BCUT2D eigenvalue weighted by Gasteiger charge is -2.07. The Morgan fingerprint density at radius 1 is 1.36 bits per heavy atom. The second-order valence-electron chi connectivity index (χ2n) is 2.94. The van der Waals surface area contributed by atoms with Crippen molar-refractivity contribution in [2.45, 2.75) is 19.8 Å². The van der Waals surface area contributed by atoms with Crippen molar-refractivity contribution < 1.29 is 0 Å². The zero-order valence-corrected chi connectivity index (χ0v) is 8.68. The van der Waals surface area contributed by atoms with Crippen molar-refractivity contribution in [2.24, 2.45) is 0 Å². The molecule has 0 nitrogen and oxygen atoms in total. The predicted octanol–water partition coefficient (Wildman–Crippen LogP) is 2.96. The van der Waals surface area contributed by atoms with Gasteiger partial charge in [-0.3, -0.25) is 0 Å². The van der Waals surface area contributed by atoms with Crippen molar-refractivity contribution in [1.29, 1.82) is 0 Å². The van der Waals surface area contributed by atoms with Crippen LogP contribution in [0, 0.1) is 0 Å². The highest BCUT2D eigenvalue weighted by molar-refractivity contribution is 7.27. The largest absolute Gasteiger partial charge is 0.106 e. The Balaban J connectivity index is 3.13. The van der Waals surface area contributed by atoms with Crippen LogP contribution in [-0.2, 0) is 0 Å². The number of halogens is 1. The number of rotatable bonds is 1. The third-order valence-corrected chi connectivity index (χ3v) is 2.35. The van der Waals surface area contributed by atoms with Crippen LogP contribution in [0.25, 0.3) is 0 Å². The van der Waals surface area contributed by atoms with E-state index in [1.807, 2.05) is 12.1 Å².